The van der Waals surface area contributed by atoms with Crippen LogP contribution in [0.15, 0.2) is 67.8 Å². The van der Waals surface area contributed by atoms with Gasteiger partial charge in [-0.3, -0.25) is 0 Å². The maximum absolute atomic E-state index is 15.0. The second-order valence-electron chi connectivity index (χ2n) is 7.06. The van der Waals surface area contributed by atoms with Crippen molar-refractivity contribution in [2.75, 3.05) is 0 Å². The summed E-state index contributed by atoms with van der Waals surface area (Å²) in [5, 5.41) is 8.13. The monoisotopic (exact) mass is 424 g/mol. The zero-order valence-electron chi connectivity index (χ0n) is 16.5. The van der Waals surface area contributed by atoms with E-state index in [1.165, 1.54) is 40.7 Å². The molecule has 2 aromatic heterocycles. The Kier molecular flexibility index (Phi) is 5.52. The van der Waals surface area contributed by atoms with Crippen molar-refractivity contribution >= 4 is 5.97 Å². The molecule has 4 rings (SSSR count). The number of rotatable bonds is 7. The molecule has 0 unspecified atom stereocenters. The fraction of sp³-hybridized carbons (Fsp3) is 0.190. The molecule has 4 aromatic rings. The van der Waals surface area contributed by atoms with E-state index < -0.39 is 23.2 Å². The van der Waals surface area contributed by atoms with Gasteiger partial charge in [-0.15, -0.1) is 0 Å². The van der Waals surface area contributed by atoms with E-state index in [1.807, 2.05) is 6.92 Å². The highest BCUT2D eigenvalue weighted by Crippen LogP contribution is 2.33. The van der Waals surface area contributed by atoms with Crippen molar-refractivity contribution < 1.29 is 18.3 Å². The van der Waals surface area contributed by atoms with Gasteiger partial charge in [0, 0.05) is 11.6 Å². The minimum Gasteiger partial charge on any atom is -0.446 e. The third-order valence-corrected chi connectivity index (χ3v) is 4.77. The molecule has 0 bridgehead atoms. The molecule has 2 heterocycles. The van der Waals surface area contributed by atoms with Crippen LogP contribution in [0.1, 0.15) is 21.5 Å². The molecule has 0 spiro atoms. The molecule has 0 aliphatic heterocycles. The molecule has 0 atom stereocenters. The van der Waals surface area contributed by atoms with Crippen LogP contribution in [0.4, 0.5) is 8.78 Å². The Labute approximate surface area is 176 Å². The van der Waals surface area contributed by atoms with Crippen LogP contribution in [0, 0.1) is 18.6 Å². The average molecular weight is 424 g/mol. The quantitative estimate of drug-likeness (QED) is 0.424. The first-order chi connectivity index (χ1) is 14.9. The van der Waals surface area contributed by atoms with E-state index in [4.69, 9.17) is 4.74 Å². The molecule has 10 heteroatoms. The summed E-state index contributed by atoms with van der Waals surface area (Å²) in [6.07, 6.45) is 5.44. The van der Waals surface area contributed by atoms with E-state index in [-0.39, 0.29) is 24.2 Å². The number of hydrogen-bond acceptors (Lipinski definition) is 6. The van der Waals surface area contributed by atoms with E-state index in [0.29, 0.717) is 0 Å². The Hall–Kier alpha value is -3.95. The number of aromatic nitrogens is 6. The van der Waals surface area contributed by atoms with Gasteiger partial charge in [0.15, 0.2) is 5.60 Å². The molecule has 158 valence electrons. The van der Waals surface area contributed by atoms with Crippen LogP contribution in [0.2, 0.25) is 0 Å². The van der Waals surface area contributed by atoms with Crippen molar-refractivity contribution in [2.24, 2.45) is 0 Å². The summed E-state index contributed by atoms with van der Waals surface area (Å²) in [6.45, 7) is 1.71. The van der Waals surface area contributed by atoms with Gasteiger partial charge in [-0.1, -0.05) is 17.7 Å². The highest BCUT2D eigenvalue weighted by molar-refractivity contribution is 5.89. The van der Waals surface area contributed by atoms with E-state index in [1.54, 1.807) is 24.3 Å². The number of carbonyl (C=O) groups excluding carboxylic acids is 1. The topological polar surface area (TPSA) is 87.7 Å². The van der Waals surface area contributed by atoms with E-state index in [9.17, 15) is 13.6 Å². The van der Waals surface area contributed by atoms with Crippen molar-refractivity contribution in [1.29, 1.82) is 0 Å². The molecule has 8 nitrogen and oxygen atoms in total. The van der Waals surface area contributed by atoms with E-state index in [0.717, 1.165) is 17.7 Å². The summed E-state index contributed by atoms with van der Waals surface area (Å²) < 4.78 is 37.4. The SMILES string of the molecule is Cc1ccc(C(=O)OC(Cn2cncn2)(Cn2cncn2)c2ccc(F)cc2F)cc1. The van der Waals surface area contributed by atoms with Crippen molar-refractivity contribution in [2.45, 2.75) is 25.6 Å². The number of nitrogens with zero attached hydrogens (tertiary/aromatic N) is 6. The van der Waals surface area contributed by atoms with Gasteiger partial charge >= 0.3 is 5.97 Å². The number of hydrogen-bond donors (Lipinski definition) is 0. The zero-order chi connectivity index (χ0) is 21.8. The molecular formula is C21H18F2N6O2. The minimum atomic E-state index is -1.62. The summed E-state index contributed by atoms with van der Waals surface area (Å²) in [5.74, 6) is -2.29. The third-order valence-electron chi connectivity index (χ3n) is 4.77. The molecule has 0 amide bonds. The second kappa shape index (κ2) is 8.42. The molecule has 0 saturated carbocycles. The molecule has 0 aliphatic rings. The molecular weight excluding hydrogens is 406 g/mol. The number of ether oxygens (including phenoxy) is 1. The van der Waals surface area contributed by atoms with Crippen LogP contribution in [-0.4, -0.2) is 35.5 Å². The van der Waals surface area contributed by atoms with Crippen molar-refractivity contribution in [3.63, 3.8) is 0 Å². The first kappa shape index (κ1) is 20.3. The number of halogens is 2. The summed E-state index contributed by atoms with van der Waals surface area (Å²) in [7, 11) is 0. The lowest BCUT2D eigenvalue weighted by Crippen LogP contribution is -2.42. The molecule has 0 saturated heterocycles. The predicted molar refractivity (Wildman–Crippen MR) is 105 cm³/mol. The van der Waals surface area contributed by atoms with Gasteiger partial charge in [-0.25, -0.2) is 32.9 Å². The van der Waals surface area contributed by atoms with Crippen LogP contribution in [-0.2, 0) is 23.4 Å². The highest BCUT2D eigenvalue weighted by atomic mass is 19.1. The van der Waals surface area contributed by atoms with E-state index >= 15 is 0 Å². The number of esters is 1. The van der Waals surface area contributed by atoms with Crippen molar-refractivity contribution in [3.8, 4) is 0 Å². The lowest BCUT2D eigenvalue weighted by molar-refractivity contribution is -0.0464. The van der Waals surface area contributed by atoms with Crippen LogP contribution < -0.4 is 0 Å². The average Bonchev–Trinajstić information content (AvgIpc) is 3.42. The van der Waals surface area contributed by atoms with Crippen molar-refractivity contribution in [3.05, 3.63) is 96.1 Å². The van der Waals surface area contributed by atoms with E-state index in [2.05, 4.69) is 20.2 Å². The smallest absolute Gasteiger partial charge is 0.339 e. The van der Waals surface area contributed by atoms with Crippen molar-refractivity contribution in [1.82, 2.24) is 29.5 Å². The van der Waals surface area contributed by atoms with Gasteiger partial charge in [-0.2, -0.15) is 10.2 Å². The molecule has 0 radical (unpaired) electrons. The summed E-state index contributed by atoms with van der Waals surface area (Å²) in [6, 6.07) is 9.88. The molecule has 0 fully saturated rings. The zero-order valence-corrected chi connectivity index (χ0v) is 16.5. The Bertz CT molecular complexity index is 1130. The molecule has 2 aromatic carbocycles. The molecule has 0 aliphatic carbocycles. The fourth-order valence-electron chi connectivity index (χ4n) is 3.28. The van der Waals surface area contributed by atoms with Gasteiger partial charge in [0.25, 0.3) is 0 Å². The predicted octanol–water partition coefficient (Wildman–Crippen LogP) is 2.91. The summed E-state index contributed by atoms with van der Waals surface area (Å²) in [5.41, 5.74) is -0.395. The number of aryl methyl sites for hydroxylation is 1. The molecule has 0 N–H and O–H groups in total. The third kappa shape index (κ3) is 4.47. The van der Waals surface area contributed by atoms with Gasteiger partial charge < -0.3 is 4.74 Å². The van der Waals surface area contributed by atoms with Gasteiger partial charge in [0.2, 0.25) is 0 Å². The number of benzene rings is 2. The van der Waals surface area contributed by atoms with Gasteiger partial charge in [0.1, 0.15) is 36.9 Å². The standard InChI is InChI=1S/C21H18F2N6O2/c1-15-2-4-16(5-3-15)20(30)31-21(9-28-13-24-11-26-28,10-29-14-25-12-27-29)18-7-6-17(22)8-19(18)23/h2-8,11-14H,9-10H2,1H3. The first-order valence-electron chi connectivity index (χ1n) is 9.35. The van der Waals surface area contributed by atoms with Gasteiger partial charge in [0.05, 0.1) is 18.7 Å². The second-order valence-corrected chi connectivity index (χ2v) is 7.06. The normalized spacial score (nSPS) is 11.5. The maximum atomic E-state index is 15.0. The lowest BCUT2D eigenvalue weighted by atomic mass is 9.92. The van der Waals surface area contributed by atoms with Crippen LogP contribution in [0.3, 0.4) is 0 Å². The fourth-order valence-corrected chi connectivity index (χ4v) is 3.28. The Morgan fingerprint density at radius 2 is 1.58 bits per heavy atom. The summed E-state index contributed by atoms with van der Waals surface area (Å²) in [4.78, 5) is 20.9. The minimum absolute atomic E-state index is 0.0274. The van der Waals surface area contributed by atoms with Crippen LogP contribution in [0.25, 0.3) is 0 Å². The van der Waals surface area contributed by atoms with Crippen LogP contribution in [0.5, 0.6) is 0 Å². The Morgan fingerprint density at radius 3 is 2.10 bits per heavy atom. The largest absolute Gasteiger partial charge is 0.446 e. The Balaban J connectivity index is 1.82. The highest BCUT2D eigenvalue weighted by Gasteiger charge is 2.41. The Morgan fingerprint density at radius 1 is 0.968 bits per heavy atom. The maximum Gasteiger partial charge on any atom is 0.339 e. The summed E-state index contributed by atoms with van der Waals surface area (Å²) >= 11 is 0. The van der Waals surface area contributed by atoms with Gasteiger partial charge in [-0.05, 0) is 31.2 Å². The van der Waals surface area contributed by atoms with Crippen LogP contribution >= 0.6 is 0 Å². The molecule has 31 heavy (non-hydrogen) atoms. The number of carbonyl (C=O) groups is 1. The first-order valence-corrected chi connectivity index (χ1v) is 9.35. The lowest BCUT2D eigenvalue weighted by Gasteiger charge is -2.34.